The standard InChI is InChI=1S/C15H14ClF2N3O2/c1-8-19-14(23-20-8)9-3-2-4-21(7-9)15(22)10-5-12(17)13(18)6-11(10)16/h5-6,9H,2-4,7H2,1H3/t9-/m1/s1. The van der Waals surface area contributed by atoms with Gasteiger partial charge in [-0.15, -0.1) is 0 Å². The van der Waals surface area contributed by atoms with Crippen LogP contribution in [0.1, 0.15) is 40.8 Å². The van der Waals surface area contributed by atoms with Crippen molar-refractivity contribution in [1.29, 1.82) is 0 Å². The summed E-state index contributed by atoms with van der Waals surface area (Å²) in [4.78, 5) is 18.3. The molecule has 0 aliphatic carbocycles. The van der Waals surface area contributed by atoms with Gasteiger partial charge in [-0.25, -0.2) is 8.78 Å². The molecule has 1 aliphatic rings. The molecule has 5 nitrogen and oxygen atoms in total. The van der Waals surface area contributed by atoms with E-state index in [1.54, 1.807) is 11.8 Å². The van der Waals surface area contributed by atoms with Gasteiger partial charge in [-0.1, -0.05) is 16.8 Å². The summed E-state index contributed by atoms with van der Waals surface area (Å²) in [6.07, 6.45) is 1.57. The lowest BCUT2D eigenvalue weighted by molar-refractivity contribution is 0.0695. The van der Waals surface area contributed by atoms with E-state index in [1.165, 1.54) is 0 Å². The Balaban J connectivity index is 1.81. The van der Waals surface area contributed by atoms with Gasteiger partial charge < -0.3 is 9.42 Å². The van der Waals surface area contributed by atoms with Gasteiger partial charge >= 0.3 is 0 Å². The normalized spacial score (nSPS) is 18.3. The number of aromatic nitrogens is 2. The van der Waals surface area contributed by atoms with Gasteiger partial charge in [0.15, 0.2) is 17.5 Å². The molecule has 1 fully saturated rings. The zero-order chi connectivity index (χ0) is 16.6. The molecule has 0 bridgehead atoms. The second-order valence-electron chi connectivity index (χ2n) is 5.52. The number of benzene rings is 1. The number of hydrogen-bond donors (Lipinski definition) is 0. The summed E-state index contributed by atoms with van der Waals surface area (Å²) in [5.74, 6) is -1.67. The SMILES string of the molecule is Cc1noc([C@@H]2CCCN(C(=O)c3cc(F)c(F)cc3Cl)C2)n1. The van der Waals surface area contributed by atoms with E-state index in [-0.39, 0.29) is 16.5 Å². The van der Waals surface area contributed by atoms with E-state index < -0.39 is 17.5 Å². The molecule has 3 rings (SSSR count). The molecule has 23 heavy (non-hydrogen) atoms. The fourth-order valence-electron chi connectivity index (χ4n) is 2.70. The first-order chi connectivity index (χ1) is 11.0. The van der Waals surface area contributed by atoms with Crippen LogP contribution in [0.15, 0.2) is 16.7 Å². The quantitative estimate of drug-likeness (QED) is 0.786. The molecular formula is C15H14ClF2N3O2. The highest BCUT2D eigenvalue weighted by Gasteiger charge is 2.30. The van der Waals surface area contributed by atoms with Gasteiger partial charge in [-0.05, 0) is 31.9 Å². The highest BCUT2D eigenvalue weighted by Crippen LogP contribution is 2.28. The zero-order valence-corrected chi connectivity index (χ0v) is 13.1. The van der Waals surface area contributed by atoms with Crippen LogP contribution in [-0.2, 0) is 0 Å². The predicted molar refractivity (Wildman–Crippen MR) is 78.3 cm³/mol. The number of nitrogens with zero attached hydrogens (tertiary/aromatic N) is 3. The summed E-state index contributed by atoms with van der Waals surface area (Å²) in [6.45, 7) is 2.60. The molecule has 1 aliphatic heterocycles. The number of amides is 1. The fraction of sp³-hybridized carbons (Fsp3) is 0.400. The number of carbonyl (C=O) groups excluding carboxylic acids is 1. The second-order valence-corrected chi connectivity index (χ2v) is 5.92. The molecule has 2 heterocycles. The molecular weight excluding hydrogens is 328 g/mol. The molecule has 1 amide bonds. The van der Waals surface area contributed by atoms with Crippen molar-refractivity contribution in [3.05, 3.63) is 46.1 Å². The first kappa shape index (κ1) is 15.9. The van der Waals surface area contributed by atoms with Gasteiger partial charge in [0, 0.05) is 13.1 Å². The Morgan fingerprint density at radius 2 is 2.13 bits per heavy atom. The van der Waals surface area contributed by atoms with Crippen LogP contribution in [0.2, 0.25) is 5.02 Å². The Labute approximate surface area is 136 Å². The van der Waals surface area contributed by atoms with E-state index in [4.69, 9.17) is 16.1 Å². The van der Waals surface area contributed by atoms with Crippen LogP contribution in [0.5, 0.6) is 0 Å². The maximum Gasteiger partial charge on any atom is 0.255 e. The minimum atomic E-state index is -1.10. The monoisotopic (exact) mass is 341 g/mol. The van der Waals surface area contributed by atoms with Crippen molar-refractivity contribution in [1.82, 2.24) is 15.0 Å². The first-order valence-electron chi connectivity index (χ1n) is 7.19. The third-order valence-electron chi connectivity index (χ3n) is 3.84. The smallest absolute Gasteiger partial charge is 0.255 e. The van der Waals surface area contributed by atoms with Crippen LogP contribution >= 0.6 is 11.6 Å². The van der Waals surface area contributed by atoms with Gasteiger partial charge in [-0.2, -0.15) is 4.98 Å². The summed E-state index contributed by atoms with van der Waals surface area (Å²) < 4.78 is 31.7. The van der Waals surface area contributed by atoms with Gasteiger partial charge in [0.05, 0.1) is 16.5 Å². The fourth-order valence-corrected chi connectivity index (χ4v) is 2.93. The molecule has 0 unspecified atom stereocenters. The summed E-state index contributed by atoms with van der Waals surface area (Å²) >= 11 is 5.88. The molecule has 1 atom stereocenters. The van der Waals surface area contributed by atoms with Gasteiger partial charge in [-0.3, -0.25) is 4.79 Å². The number of piperidine rings is 1. The van der Waals surface area contributed by atoms with Crippen LogP contribution in [0.3, 0.4) is 0 Å². The largest absolute Gasteiger partial charge is 0.339 e. The first-order valence-corrected chi connectivity index (χ1v) is 7.57. The van der Waals surface area contributed by atoms with E-state index in [2.05, 4.69) is 10.1 Å². The number of rotatable bonds is 2. The van der Waals surface area contributed by atoms with Gasteiger partial charge in [0.25, 0.3) is 5.91 Å². The third kappa shape index (κ3) is 3.19. The van der Waals surface area contributed by atoms with E-state index in [9.17, 15) is 13.6 Å². The van der Waals surface area contributed by atoms with E-state index in [1.807, 2.05) is 0 Å². The molecule has 2 aromatic rings. The number of hydrogen-bond acceptors (Lipinski definition) is 4. The molecule has 122 valence electrons. The lowest BCUT2D eigenvalue weighted by atomic mass is 9.97. The van der Waals surface area contributed by atoms with Crippen molar-refractivity contribution < 1.29 is 18.1 Å². The predicted octanol–water partition coefficient (Wildman–Crippen LogP) is 3.33. The average molecular weight is 342 g/mol. The summed E-state index contributed by atoms with van der Waals surface area (Å²) in [6, 6.07) is 1.65. The maximum atomic E-state index is 13.4. The highest BCUT2D eigenvalue weighted by atomic mass is 35.5. The Hall–Kier alpha value is -2.02. The number of halogens is 3. The van der Waals surface area contributed by atoms with Crippen molar-refractivity contribution in [2.24, 2.45) is 0 Å². The highest BCUT2D eigenvalue weighted by molar-refractivity contribution is 6.33. The second kappa shape index (κ2) is 6.23. The zero-order valence-electron chi connectivity index (χ0n) is 12.4. The van der Waals surface area contributed by atoms with Crippen LogP contribution < -0.4 is 0 Å². The topological polar surface area (TPSA) is 59.2 Å². The average Bonchev–Trinajstić information content (AvgIpc) is 2.97. The Bertz CT molecular complexity index is 750. The van der Waals surface area contributed by atoms with E-state index >= 15 is 0 Å². The van der Waals surface area contributed by atoms with Crippen LogP contribution in [0, 0.1) is 18.6 Å². The Morgan fingerprint density at radius 1 is 1.39 bits per heavy atom. The molecule has 0 spiro atoms. The van der Waals surface area contributed by atoms with Crippen molar-refractivity contribution in [2.45, 2.75) is 25.7 Å². The summed E-state index contributed by atoms with van der Waals surface area (Å²) in [5.41, 5.74) is -0.0482. The molecule has 0 N–H and O–H groups in total. The minimum absolute atomic E-state index is 0.0482. The number of carbonyl (C=O) groups is 1. The van der Waals surface area contributed by atoms with Crippen molar-refractivity contribution in [3.63, 3.8) is 0 Å². The number of likely N-dealkylation sites (tertiary alicyclic amines) is 1. The summed E-state index contributed by atoms with van der Waals surface area (Å²) in [5, 5.41) is 3.65. The third-order valence-corrected chi connectivity index (χ3v) is 4.15. The van der Waals surface area contributed by atoms with Crippen LogP contribution in [-0.4, -0.2) is 34.0 Å². The van der Waals surface area contributed by atoms with Crippen molar-refractivity contribution in [2.75, 3.05) is 13.1 Å². The molecule has 1 aromatic heterocycles. The van der Waals surface area contributed by atoms with Crippen molar-refractivity contribution >= 4 is 17.5 Å². The van der Waals surface area contributed by atoms with Crippen molar-refractivity contribution in [3.8, 4) is 0 Å². The molecule has 1 saturated heterocycles. The molecule has 1 aromatic carbocycles. The number of aryl methyl sites for hydroxylation is 1. The Morgan fingerprint density at radius 3 is 2.83 bits per heavy atom. The summed E-state index contributed by atoms with van der Waals surface area (Å²) in [7, 11) is 0. The lowest BCUT2D eigenvalue weighted by Gasteiger charge is -2.31. The Kier molecular flexibility index (Phi) is 4.30. The molecule has 0 saturated carbocycles. The molecule has 8 heteroatoms. The molecule has 0 radical (unpaired) electrons. The van der Waals surface area contributed by atoms with E-state index in [0.717, 1.165) is 25.0 Å². The maximum absolute atomic E-state index is 13.4. The van der Waals surface area contributed by atoms with Gasteiger partial charge in [0.1, 0.15) is 0 Å². The lowest BCUT2D eigenvalue weighted by Crippen LogP contribution is -2.39. The van der Waals surface area contributed by atoms with Gasteiger partial charge in [0.2, 0.25) is 5.89 Å². The van der Waals surface area contributed by atoms with Crippen LogP contribution in [0.25, 0.3) is 0 Å². The van der Waals surface area contributed by atoms with Crippen LogP contribution in [0.4, 0.5) is 8.78 Å². The van der Waals surface area contributed by atoms with E-state index in [0.29, 0.717) is 24.8 Å². The minimum Gasteiger partial charge on any atom is -0.339 e.